The fraction of sp³-hybridized carbons (Fsp3) is 0.500. The molecule has 1 aliphatic rings. The van der Waals surface area contributed by atoms with Gasteiger partial charge in [-0.15, -0.1) is 12.4 Å². The van der Waals surface area contributed by atoms with Gasteiger partial charge in [-0.1, -0.05) is 17.7 Å². The molecule has 0 fully saturated rings. The van der Waals surface area contributed by atoms with Gasteiger partial charge in [-0.2, -0.15) is 0 Å². The van der Waals surface area contributed by atoms with Crippen LogP contribution in [0.25, 0.3) is 0 Å². The van der Waals surface area contributed by atoms with E-state index in [-0.39, 0.29) is 18.0 Å². The van der Waals surface area contributed by atoms with Crippen LogP contribution in [0.4, 0.5) is 0 Å². The third-order valence-corrected chi connectivity index (χ3v) is 2.47. The summed E-state index contributed by atoms with van der Waals surface area (Å²) in [6.45, 7) is 8.11. The monoisotopic (exact) mass is 227 g/mol. The molecule has 2 rings (SSSR count). The number of nitrogens with one attached hydrogen (secondary N) is 1. The zero-order valence-corrected chi connectivity index (χ0v) is 10.3. The molecule has 1 aromatic rings. The largest absolute Gasteiger partial charge is 0.486 e. The van der Waals surface area contributed by atoms with E-state index < -0.39 is 0 Å². The quantitative estimate of drug-likeness (QED) is 0.736. The van der Waals surface area contributed by atoms with E-state index in [9.17, 15) is 0 Å². The van der Waals surface area contributed by atoms with E-state index >= 15 is 0 Å². The first-order valence-electron chi connectivity index (χ1n) is 5.06. The van der Waals surface area contributed by atoms with Gasteiger partial charge in [0.1, 0.15) is 11.4 Å². The molecule has 1 heterocycles. The van der Waals surface area contributed by atoms with Gasteiger partial charge in [-0.25, -0.2) is 0 Å². The van der Waals surface area contributed by atoms with Crippen molar-refractivity contribution >= 4 is 12.4 Å². The predicted octanol–water partition coefficient (Wildman–Crippen LogP) is 2.68. The van der Waals surface area contributed by atoms with Crippen LogP contribution in [0.15, 0.2) is 18.2 Å². The van der Waals surface area contributed by atoms with Gasteiger partial charge in [0, 0.05) is 18.7 Å². The summed E-state index contributed by atoms with van der Waals surface area (Å²) in [5.74, 6) is 1.02. The van der Waals surface area contributed by atoms with Crippen LogP contribution in [0, 0.1) is 6.92 Å². The molecule has 0 spiro atoms. The molecule has 15 heavy (non-hydrogen) atoms. The summed E-state index contributed by atoms with van der Waals surface area (Å²) >= 11 is 0. The standard InChI is InChI=1S/C12H17NO.ClH/c1-9-4-5-11-10(6-9)7-13-8-12(2,3)14-11;/h4-6,13H,7-8H2,1-3H3;1H. The summed E-state index contributed by atoms with van der Waals surface area (Å²) in [6.07, 6.45) is 0. The molecule has 0 atom stereocenters. The highest BCUT2D eigenvalue weighted by molar-refractivity contribution is 5.85. The van der Waals surface area contributed by atoms with Crippen molar-refractivity contribution in [3.05, 3.63) is 29.3 Å². The molecular weight excluding hydrogens is 210 g/mol. The average molecular weight is 228 g/mol. The SMILES string of the molecule is Cc1ccc2c(c1)CNCC(C)(C)O2.Cl. The highest BCUT2D eigenvalue weighted by atomic mass is 35.5. The molecule has 1 N–H and O–H groups in total. The van der Waals surface area contributed by atoms with Gasteiger partial charge in [-0.05, 0) is 26.8 Å². The van der Waals surface area contributed by atoms with Crippen LogP contribution < -0.4 is 10.1 Å². The third-order valence-electron chi connectivity index (χ3n) is 2.47. The highest BCUT2D eigenvalue weighted by Crippen LogP contribution is 2.26. The second kappa shape index (κ2) is 4.42. The summed E-state index contributed by atoms with van der Waals surface area (Å²) in [7, 11) is 0. The van der Waals surface area contributed by atoms with Crippen molar-refractivity contribution in [2.75, 3.05) is 6.54 Å². The highest BCUT2D eigenvalue weighted by Gasteiger charge is 2.23. The van der Waals surface area contributed by atoms with E-state index in [1.165, 1.54) is 11.1 Å². The first-order chi connectivity index (χ1) is 6.57. The minimum atomic E-state index is -0.111. The molecule has 0 unspecified atom stereocenters. The summed E-state index contributed by atoms with van der Waals surface area (Å²) in [5, 5.41) is 3.40. The lowest BCUT2D eigenvalue weighted by atomic mass is 10.1. The summed E-state index contributed by atoms with van der Waals surface area (Å²) < 4.78 is 5.94. The zero-order valence-electron chi connectivity index (χ0n) is 9.46. The first kappa shape index (κ1) is 12.3. The van der Waals surface area contributed by atoms with Crippen LogP contribution in [-0.4, -0.2) is 12.1 Å². The first-order valence-corrected chi connectivity index (χ1v) is 5.06. The Bertz CT molecular complexity index is 349. The molecule has 0 aliphatic carbocycles. The Morgan fingerprint density at radius 2 is 2.07 bits per heavy atom. The lowest BCUT2D eigenvalue weighted by Crippen LogP contribution is -2.37. The van der Waals surface area contributed by atoms with E-state index in [0.29, 0.717) is 0 Å². The summed E-state index contributed by atoms with van der Waals surface area (Å²) in [6, 6.07) is 6.35. The van der Waals surface area contributed by atoms with Gasteiger partial charge in [0.2, 0.25) is 0 Å². The third kappa shape index (κ3) is 2.86. The smallest absolute Gasteiger partial charge is 0.124 e. The Morgan fingerprint density at radius 3 is 2.80 bits per heavy atom. The Morgan fingerprint density at radius 1 is 1.33 bits per heavy atom. The van der Waals surface area contributed by atoms with Crippen LogP contribution in [0.5, 0.6) is 5.75 Å². The van der Waals surface area contributed by atoms with Crippen molar-refractivity contribution in [1.82, 2.24) is 5.32 Å². The topological polar surface area (TPSA) is 21.3 Å². The van der Waals surface area contributed by atoms with Gasteiger partial charge in [0.05, 0.1) is 0 Å². The molecule has 0 radical (unpaired) electrons. The molecule has 0 aromatic heterocycles. The van der Waals surface area contributed by atoms with Crippen LogP contribution in [0.3, 0.4) is 0 Å². The number of hydrogen-bond donors (Lipinski definition) is 1. The van der Waals surface area contributed by atoms with Crippen molar-refractivity contribution < 1.29 is 4.74 Å². The Hall–Kier alpha value is -0.730. The van der Waals surface area contributed by atoms with Crippen LogP contribution in [-0.2, 0) is 6.54 Å². The van der Waals surface area contributed by atoms with Crippen LogP contribution in [0.2, 0.25) is 0 Å². The van der Waals surface area contributed by atoms with Gasteiger partial charge in [0.15, 0.2) is 0 Å². The van der Waals surface area contributed by atoms with Gasteiger partial charge in [-0.3, -0.25) is 0 Å². The van der Waals surface area contributed by atoms with Gasteiger partial charge >= 0.3 is 0 Å². The molecule has 0 saturated heterocycles. The second-order valence-corrected chi connectivity index (χ2v) is 4.58. The van der Waals surface area contributed by atoms with Crippen LogP contribution >= 0.6 is 12.4 Å². The minimum absolute atomic E-state index is 0. The van der Waals surface area contributed by atoms with E-state index in [1.807, 2.05) is 0 Å². The second-order valence-electron chi connectivity index (χ2n) is 4.58. The number of benzene rings is 1. The predicted molar refractivity (Wildman–Crippen MR) is 64.8 cm³/mol. The molecule has 1 aliphatic heterocycles. The normalized spacial score (nSPS) is 18.1. The maximum atomic E-state index is 5.94. The average Bonchev–Trinajstić information content (AvgIpc) is 2.22. The number of rotatable bonds is 0. The van der Waals surface area contributed by atoms with Gasteiger partial charge in [0.25, 0.3) is 0 Å². The van der Waals surface area contributed by atoms with Crippen molar-refractivity contribution in [3.63, 3.8) is 0 Å². The maximum Gasteiger partial charge on any atom is 0.124 e. The number of hydrogen-bond acceptors (Lipinski definition) is 2. The number of ether oxygens (including phenoxy) is 1. The lowest BCUT2D eigenvalue weighted by molar-refractivity contribution is 0.115. The van der Waals surface area contributed by atoms with Crippen molar-refractivity contribution in [2.45, 2.75) is 32.9 Å². The molecule has 1 aromatic carbocycles. The number of fused-ring (bicyclic) bond motifs is 1. The fourth-order valence-corrected chi connectivity index (χ4v) is 1.78. The maximum absolute atomic E-state index is 5.94. The molecule has 3 heteroatoms. The molecule has 0 saturated carbocycles. The molecule has 2 nitrogen and oxygen atoms in total. The Kier molecular flexibility index (Phi) is 3.63. The Balaban J connectivity index is 0.00000112. The molecule has 0 amide bonds. The lowest BCUT2D eigenvalue weighted by Gasteiger charge is -2.24. The van der Waals surface area contributed by atoms with E-state index in [0.717, 1.165) is 18.8 Å². The van der Waals surface area contributed by atoms with E-state index in [4.69, 9.17) is 4.74 Å². The minimum Gasteiger partial charge on any atom is -0.486 e. The molecular formula is C12H18ClNO. The summed E-state index contributed by atoms with van der Waals surface area (Å²) in [4.78, 5) is 0. The molecule has 84 valence electrons. The van der Waals surface area contributed by atoms with E-state index in [2.05, 4.69) is 44.3 Å². The Labute approximate surface area is 97.4 Å². The molecule has 0 bridgehead atoms. The summed E-state index contributed by atoms with van der Waals surface area (Å²) in [5.41, 5.74) is 2.44. The van der Waals surface area contributed by atoms with Crippen LogP contribution in [0.1, 0.15) is 25.0 Å². The van der Waals surface area contributed by atoms with Crippen molar-refractivity contribution in [2.24, 2.45) is 0 Å². The van der Waals surface area contributed by atoms with Crippen molar-refractivity contribution in [3.8, 4) is 5.75 Å². The number of halogens is 1. The van der Waals surface area contributed by atoms with Crippen molar-refractivity contribution in [1.29, 1.82) is 0 Å². The number of aryl methyl sites for hydroxylation is 1. The van der Waals surface area contributed by atoms with Gasteiger partial charge < -0.3 is 10.1 Å². The fourth-order valence-electron chi connectivity index (χ4n) is 1.78. The van der Waals surface area contributed by atoms with E-state index in [1.54, 1.807) is 0 Å². The zero-order chi connectivity index (χ0) is 10.2.